The zero-order chi connectivity index (χ0) is 32.3. The number of likely N-dealkylation sites (tertiary alicyclic amines) is 1. The first-order valence-corrected chi connectivity index (χ1v) is 15.8. The maximum absolute atomic E-state index is 13.0. The number of pyridine rings is 1. The molecule has 4 aromatic rings. The quantitative estimate of drug-likeness (QED) is 0.125. The van der Waals surface area contributed by atoms with Crippen LogP contribution in [0.1, 0.15) is 34.3 Å². The lowest BCUT2D eigenvalue weighted by Crippen LogP contribution is -2.39. The molecule has 11 heteroatoms. The van der Waals surface area contributed by atoms with Gasteiger partial charge in [-0.25, -0.2) is 9.67 Å². The van der Waals surface area contributed by atoms with E-state index in [-0.39, 0.29) is 24.4 Å². The van der Waals surface area contributed by atoms with Gasteiger partial charge in [0.1, 0.15) is 18.0 Å². The maximum atomic E-state index is 13.0. The van der Waals surface area contributed by atoms with Crippen LogP contribution in [0.15, 0.2) is 72.9 Å². The molecule has 244 valence electrons. The normalized spacial score (nSPS) is 16.4. The summed E-state index contributed by atoms with van der Waals surface area (Å²) in [6.45, 7) is 9.13. The molecule has 5 rings (SSSR count). The second kappa shape index (κ2) is 16.3. The van der Waals surface area contributed by atoms with Crippen LogP contribution in [0, 0.1) is 6.92 Å². The third-order valence-electron chi connectivity index (χ3n) is 8.21. The third kappa shape index (κ3) is 7.91. The number of anilines is 1. The zero-order valence-electron chi connectivity index (χ0n) is 27.2. The fourth-order valence-corrected chi connectivity index (χ4v) is 5.87. The number of hydrogen-bond donors (Lipinski definition) is 3. The summed E-state index contributed by atoms with van der Waals surface area (Å²) in [6.07, 6.45) is 1.70. The smallest absolute Gasteiger partial charge is 0.256 e. The van der Waals surface area contributed by atoms with Crippen molar-refractivity contribution >= 4 is 11.7 Å². The summed E-state index contributed by atoms with van der Waals surface area (Å²) < 4.78 is 18.2. The van der Waals surface area contributed by atoms with Crippen LogP contribution in [0.2, 0.25) is 0 Å². The average Bonchev–Trinajstić information content (AvgIpc) is 3.65. The molecular weight excluding hydrogens is 582 g/mol. The number of ether oxygens (including phenoxy) is 3. The van der Waals surface area contributed by atoms with Crippen molar-refractivity contribution in [1.29, 1.82) is 0 Å². The number of nitrogens with zero attached hydrogens (tertiary/aromatic N) is 4. The highest BCUT2D eigenvalue weighted by atomic mass is 16.5. The first kappa shape index (κ1) is 33.1. The van der Waals surface area contributed by atoms with Crippen LogP contribution in [0.3, 0.4) is 0 Å². The van der Waals surface area contributed by atoms with Crippen molar-refractivity contribution in [3.63, 3.8) is 0 Å². The Kier molecular flexibility index (Phi) is 11.7. The van der Waals surface area contributed by atoms with Crippen LogP contribution in [-0.2, 0) is 9.47 Å². The van der Waals surface area contributed by atoms with Crippen molar-refractivity contribution in [3.05, 3.63) is 89.6 Å². The minimum Gasteiger partial charge on any atom is -0.475 e. The molecule has 1 saturated heterocycles. The number of rotatable bonds is 16. The van der Waals surface area contributed by atoms with E-state index in [1.807, 2.05) is 48.9 Å². The molecular formula is C35H45N7O4. The monoisotopic (exact) mass is 627 g/mol. The van der Waals surface area contributed by atoms with Gasteiger partial charge in [-0.2, -0.15) is 5.10 Å². The van der Waals surface area contributed by atoms with Gasteiger partial charge in [0.15, 0.2) is 0 Å². The van der Waals surface area contributed by atoms with Crippen LogP contribution in [0.25, 0.3) is 16.9 Å². The second-order valence-electron chi connectivity index (χ2n) is 11.3. The Hall–Kier alpha value is -4.29. The number of benzene rings is 2. The van der Waals surface area contributed by atoms with Gasteiger partial charge in [0, 0.05) is 69.7 Å². The first-order chi connectivity index (χ1) is 22.5. The van der Waals surface area contributed by atoms with Crippen LogP contribution >= 0.6 is 0 Å². The van der Waals surface area contributed by atoms with E-state index in [9.17, 15) is 4.79 Å². The highest BCUT2D eigenvalue weighted by Gasteiger charge is 2.33. The van der Waals surface area contributed by atoms with Crippen LogP contribution in [0.4, 0.5) is 5.82 Å². The highest BCUT2D eigenvalue weighted by molar-refractivity contribution is 5.97. The number of carbonyl (C=O) groups is 1. The summed E-state index contributed by atoms with van der Waals surface area (Å²) in [5.41, 5.74) is 4.99. The highest BCUT2D eigenvalue weighted by Crippen LogP contribution is 2.32. The van der Waals surface area contributed by atoms with E-state index >= 15 is 0 Å². The molecule has 11 nitrogen and oxygen atoms in total. The van der Waals surface area contributed by atoms with Crippen molar-refractivity contribution in [1.82, 2.24) is 30.3 Å². The molecule has 1 aliphatic rings. The Morgan fingerprint density at radius 1 is 0.978 bits per heavy atom. The molecule has 2 atom stereocenters. The predicted molar refractivity (Wildman–Crippen MR) is 180 cm³/mol. The van der Waals surface area contributed by atoms with Crippen molar-refractivity contribution in [2.75, 3.05) is 72.2 Å². The lowest BCUT2D eigenvalue weighted by Gasteiger charge is -2.21. The van der Waals surface area contributed by atoms with E-state index < -0.39 is 0 Å². The Morgan fingerprint density at radius 3 is 2.43 bits per heavy atom. The molecule has 0 saturated carbocycles. The van der Waals surface area contributed by atoms with E-state index in [2.05, 4.69) is 56.2 Å². The Morgan fingerprint density at radius 2 is 1.72 bits per heavy atom. The summed E-state index contributed by atoms with van der Waals surface area (Å²) in [4.78, 5) is 20.0. The second-order valence-corrected chi connectivity index (χ2v) is 11.3. The number of nitrogens with one attached hydrogen (secondary N) is 3. The molecule has 3 N–H and O–H groups in total. The fourth-order valence-electron chi connectivity index (χ4n) is 5.87. The Balaban J connectivity index is 1.42. The Bertz CT molecular complexity index is 1550. The molecule has 0 radical (unpaired) electrons. The predicted octanol–water partition coefficient (Wildman–Crippen LogP) is 4.09. The average molecular weight is 628 g/mol. The molecule has 1 amide bonds. The van der Waals surface area contributed by atoms with Crippen molar-refractivity contribution < 1.29 is 19.0 Å². The van der Waals surface area contributed by atoms with Crippen LogP contribution in [-0.4, -0.2) is 98.5 Å². The van der Waals surface area contributed by atoms with E-state index in [4.69, 9.17) is 19.3 Å². The molecule has 1 aliphatic heterocycles. The van der Waals surface area contributed by atoms with Gasteiger partial charge in [-0.1, -0.05) is 48.5 Å². The lowest BCUT2D eigenvalue weighted by atomic mass is 9.94. The largest absolute Gasteiger partial charge is 0.475 e. The van der Waals surface area contributed by atoms with Gasteiger partial charge < -0.3 is 24.8 Å². The zero-order valence-corrected chi connectivity index (χ0v) is 27.2. The van der Waals surface area contributed by atoms with Crippen molar-refractivity contribution in [3.8, 4) is 22.8 Å². The van der Waals surface area contributed by atoms with Gasteiger partial charge in [0.2, 0.25) is 5.88 Å². The maximum Gasteiger partial charge on any atom is 0.256 e. The SMILES string of the molecule is CCNC(=O)c1cc(-c2nn(-c3ccccc3)c(NCN[C@@H]3CN(CCOC)C[C@H]3c3ccccc3)c2C)cnc1OCCOC. The lowest BCUT2D eigenvalue weighted by molar-refractivity contribution is 0.0946. The number of hydrogen-bond acceptors (Lipinski definition) is 9. The number of para-hydroxylation sites is 1. The summed E-state index contributed by atoms with van der Waals surface area (Å²) in [7, 11) is 3.35. The Labute approximate surface area is 271 Å². The number of carbonyl (C=O) groups excluding carboxylic acids is 1. The molecule has 2 aromatic carbocycles. The molecule has 0 bridgehead atoms. The summed E-state index contributed by atoms with van der Waals surface area (Å²) >= 11 is 0. The molecule has 3 heterocycles. The summed E-state index contributed by atoms with van der Waals surface area (Å²) in [5.74, 6) is 1.23. The van der Waals surface area contributed by atoms with Gasteiger partial charge in [0.25, 0.3) is 5.91 Å². The summed E-state index contributed by atoms with van der Waals surface area (Å²) in [6, 6.07) is 22.8. The van der Waals surface area contributed by atoms with Gasteiger partial charge in [0.05, 0.1) is 31.3 Å². The van der Waals surface area contributed by atoms with Gasteiger partial charge in [-0.05, 0) is 37.6 Å². The molecule has 0 spiro atoms. The third-order valence-corrected chi connectivity index (χ3v) is 8.21. The standard InChI is InChI=1S/C35H45N7O4/c1-5-36-34(43)29-20-27(21-37-35(29)46-19-18-45-4)32-25(2)33(42(40-32)28-14-10-7-11-15-28)39-24-38-31-23-41(16-17-44-3)22-30(31)26-12-8-6-9-13-26/h6-15,20-21,30-31,38-39H,5,16-19,22-24H2,1-4H3,(H,36,43)/t30-,31+/m0/s1. The minimum absolute atomic E-state index is 0.254. The topological polar surface area (TPSA) is 115 Å². The molecule has 46 heavy (non-hydrogen) atoms. The van der Waals surface area contributed by atoms with Crippen molar-refractivity contribution in [2.24, 2.45) is 0 Å². The summed E-state index contributed by atoms with van der Waals surface area (Å²) in [5, 5.41) is 15.3. The molecule has 1 fully saturated rings. The number of amides is 1. The minimum atomic E-state index is -0.254. The number of aromatic nitrogens is 3. The van der Waals surface area contributed by atoms with E-state index in [0.717, 1.165) is 48.0 Å². The number of methoxy groups -OCH3 is 2. The van der Waals surface area contributed by atoms with E-state index in [0.29, 0.717) is 37.9 Å². The molecule has 0 aliphatic carbocycles. The first-order valence-electron chi connectivity index (χ1n) is 15.8. The van der Waals surface area contributed by atoms with Crippen molar-refractivity contribution in [2.45, 2.75) is 25.8 Å². The van der Waals surface area contributed by atoms with E-state index in [1.54, 1.807) is 26.5 Å². The van der Waals surface area contributed by atoms with Crippen LogP contribution < -0.4 is 20.7 Å². The fraction of sp³-hybridized carbons (Fsp3) is 0.400. The molecule has 2 aromatic heterocycles. The van der Waals surface area contributed by atoms with Crippen LogP contribution in [0.5, 0.6) is 5.88 Å². The van der Waals surface area contributed by atoms with Gasteiger partial charge >= 0.3 is 0 Å². The van der Waals surface area contributed by atoms with E-state index in [1.165, 1.54) is 5.56 Å². The molecule has 0 unspecified atom stereocenters. The van der Waals surface area contributed by atoms with Gasteiger partial charge in [-0.3, -0.25) is 15.0 Å². The van der Waals surface area contributed by atoms with Gasteiger partial charge in [-0.15, -0.1) is 0 Å².